The first-order valence-electron chi connectivity index (χ1n) is 10.9. The molecule has 33 heavy (non-hydrogen) atoms. The average molecular weight is 479 g/mol. The number of ether oxygens (including phenoxy) is 2. The number of carbonyl (C=O) groups is 2. The van der Waals surface area contributed by atoms with Crippen LogP contribution in [0.15, 0.2) is 35.5 Å². The predicted molar refractivity (Wildman–Crippen MR) is 121 cm³/mol. The Balaban J connectivity index is 1.54. The molecule has 1 aliphatic rings. The number of aryl methyl sites for hydroxylation is 2. The highest BCUT2D eigenvalue weighted by atomic mass is 32.2. The van der Waals surface area contributed by atoms with Crippen LogP contribution in [0.1, 0.15) is 32.5 Å². The van der Waals surface area contributed by atoms with Gasteiger partial charge in [-0.2, -0.15) is 4.31 Å². The highest BCUT2D eigenvalue weighted by Gasteiger charge is 2.35. The lowest BCUT2D eigenvalue weighted by Gasteiger charge is -2.30. The Kier molecular flexibility index (Phi) is 7.75. The van der Waals surface area contributed by atoms with Gasteiger partial charge in [0, 0.05) is 26.3 Å². The van der Waals surface area contributed by atoms with Crippen LogP contribution in [-0.4, -0.2) is 60.0 Å². The lowest BCUT2D eigenvalue weighted by atomic mass is 9.98. The van der Waals surface area contributed by atoms with E-state index in [1.165, 1.54) is 17.4 Å². The fraction of sp³-hybridized carbons (Fsp3) is 0.500. The molecule has 1 saturated heterocycles. The van der Waals surface area contributed by atoms with Gasteiger partial charge in [0.05, 0.1) is 18.2 Å². The van der Waals surface area contributed by atoms with Crippen molar-refractivity contribution in [2.24, 2.45) is 13.0 Å². The molecule has 1 fully saturated rings. The molecule has 1 aromatic carbocycles. The summed E-state index contributed by atoms with van der Waals surface area (Å²) in [6.45, 7) is 5.89. The van der Waals surface area contributed by atoms with E-state index >= 15 is 0 Å². The highest BCUT2D eigenvalue weighted by molar-refractivity contribution is 7.89. The Labute approximate surface area is 193 Å². The summed E-state index contributed by atoms with van der Waals surface area (Å²) in [7, 11) is -1.99. The Morgan fingerprint density at radius 3 is 2.52 bits per heavy atom. The first kappa shape index (κ1) is 24.7. The van der Waals surface area contributed by atoms with Gasteiger partial charge in [0.1, 0.15) is 11.6 Å². The number of imidazole rings is 1. The first-order valence-corrected chi connectivity index (χ1v) is 12.3. The van der Waals surface area contributed by atoms with Crippen molar-refractivity contribution in [2.45, 2.75) is 44.7 Å². The number of aromatic nitrogens is 2. The summed E-state index contributed by atoms with van der Waals surface area (Å²) in [5.41, 5.74) is 0.496. The van der Waals surface area contributed by atoms with Crippen molar-refractivity contribution >= 4 is 27.6 Å². The quantitative estimate of drug-likeness (QED) is 0.577. The average Bonchev–Trinajstić information content (AvgIpc) is 3.14. The van der Waals surface area contributed by atoms with Crippen molar-refractivity contribution in [3.8, 4) is 5.75 Å². The van der Waals surface area contributed by atoms with E-state index in [1.807, 2.05) is 6.92 Å². The number of nitrogens with zero attached hydrogens (tertiary/aromatic N) is 3. The van der Waals surface area contributed by atoms with Crippen molar-refractivity contribution in [3.63, 3.8) is 0 Å². The van der Waals surface area contributed by atoms with E-state index < -0.39 is 33.9 Å². The molecule has 1 amide bonds. The minimum Gasteiger partial charge on any atom is -0.492 e. The fourth-order valence-corrected chi connectivity index (χ4v) is 5.02. The van der Waals surface area contributed by atoms with Crippen LogP contribution in [-0.2, 0) is 31.4 Å². The van der Waals surface area contributed by atoms with E-state index in [2.05, 4.69) is 10.3 Å². The second kappa shape index (κ2) is 10.3. The van der Waals surface area contributed by atoms with E-state index in [9.17, 15) is 18.0 Å². The molecule has 0 aliphatic carbocycles. The van der Waals surface area contributed by atoms with Gasteiger partial charge >= 0.3 is 5.97 Å². The number of carbonyl (C=O) groups excluding carboxylic acids is 2. The zero-order valence-corrected chi connectivity index (χ0v) is 20.1. The summed E-state index contributed by atoms with van der Waals surface area (Å²) in [6, 6.07) is 7.01. The Morgan fingerprint density at radius 2 is 1.91 bits per heavy atom. The van der Waals surface area contributed by atoms with Gasteiger partial charge in [-0.1, -0.05) is 12.1 Å². The van der Waals surface area contributed by atoms with Gasteiger partial charge in [-0.05, 0) is 45.7 Å². The lowest BCUT2D eigenvalue weighted by molar-refractivity contribution is -0.158. The van der Waals surface area contributed by atoms with E-state index in [0.717, 1.165) is 0 Å². The molecule has 0 saturated carbocycles. The molecule has 1 atom stereocenters. The molecule has 0 spiro atoms. The van der Waals surface area contributed by atoms with E-state index in [1.54, 1.807) is 42.8 Å². The SMILES string of the molecule is CCOc1ccccc1NC(=O)C(C)OC(=O)C1CCN(S(=O)(=O)c2cn(C)c(C)n2)CC1. The van der Waals surface area contributed by atoms with E-state index in [4.69, 9.17) is 9.47 Å². The Hall–Kier alpha value is -2.92. The van der Waals surface area contributed by atoms with Crippen LogP contribution in [0.4, 0.5) is 5.69 Å². The Morgan fingerprint density at radius 1 is 1.24 bits per heavy atom. The van der Waals surface area contributed by atoms with Crippen LogP contribution in [0, 0.1) is 12.8 Å². The molecule has 180 valence electrons. The molecule has 2 heterocycles. The molecule has 1 aliphatic heterocycles. The summed E-state index contributed by atoms with van der Waals surface area (Å²) < 4.78 is 39.5. The number of amides is 1. The largest absolute Gasteiger partial charge is 0.492 e. The molecule has 11 heteroatoms. The molecule has 0 bridgehead atoms. The third-order valence-electron chi connectivity index (χ3n) is 5.58. The van der Waals surface area contributed by atoms with E-state index in [-0.39, 0.29) is 18.1 Å². The minimum absolute atomic E-state index is 0.00107. The predicted octanol–water partition coefficient (Wildman–Crippen LogP) is 2.10. The second-order valence-electron chi connectivity index (χ2n) is 7.91. The van der Waals surface area contributed by atoms with Crippen LogP contribution in [0.25, 0.3) is 0 Å². The van der Waals surface area contributed by atoms with Gasteiger partial charge in [-0.25, -0.2) is 13.4 Å². The van der Waals surface area contributed by atoms with E-state index in [0.29, 0.717) is 36.7 Å². The molecule has 3 rings (SSSR count). The molecule has 2 aromatic rings. The number of para-hydroxylation sites is 2. The van der Waals surface area contributed by atoms with Crippen molar-refractivity contribution in [3.05, 3.63) is 36.3 Å². The monoisotopic (exact) mass is 478 g/mol. The number of rotatable bonds is 8. The third-order valence-corrected chi connectivity index (χ3v) is 7.36. The fourth-order valence-electron chi connectivity index (χ4n) is 3.52. The van der Waals surface area contributed by atoms with Crippen LogP contribution < -0.4 is 10.1 Å². The van der Waals surface area contributed by atoms with Crippen molar-refractivity contribution < 1.29 is 27.5 Å². The van der Waals surface area contributed by atoms with Crippen LogP contribution in [0.3, 0.4) is 0 Å². The Bertz CT molecular complexity index is 1090. The normalized spacial score (nSPS) is 16.2. The lowest BCUT2D eigenvalue weighted by Crippen LogP contribution is -2.41. The maximum Gasteiger partial charge on any atom is 0.309 e. The molecule has 1 aromatic heterocycles. The van der Waals surface area contributed by atoms with Crippen molar-refractivity contribution in [1.29, 1.82) is 0 Å². The second-order valence-corrected chi connectivity index (χ2v) is 9.80. The number of esters is 1. The third kappa shape index (κ3) is 5.72. The zero-order chi connectivity index (χ0) is 24.2. The summed E-state index contributed by atoms with van der Waals surface area (Å²) in [5, 5.41) is 2.72. The minimum atomic E-state index is -3.72. The van der Waals surface area contributed by atoms with Gasteiger partial charge in [0.25, 0.3) is 15.9 Å². The number of nitrogens with one attached hydrogen (secondary N) is 1. The summed E-state index contributed by atoms with van der Waals surface area (Å²) in [4.78, 5) is 29.2. The van der Waals surface area contributed by atoms with Crippen LogP contribution >= 0.6 is 0 Å². The number of piperidine rings is 1. The summed E-state index contributed by atoms with van der Waals surface area (Å²) in [6.07, 6.45) is 1.09. The first-order chi connectivity index (χ1) is 15.6. The molecular weight excluding hydrogens is 448 g/mol. The smallest absolute Gasteiger partial charge is 0.309 e. The molecule has 0 radical (unpaired) electrons. The van der Waals surface area contributed by atoms with Gasteiger partial charge in [-0.15, -0.1) is 0 Å². The van der Waals surface area contributed by atoms with Gasteiger partial charge in [0.2, 0.25) is 0 Å². The maximum absolute atomic E-state index is 12.8. The zero-order valence-electron chi connectivity index (χ0n) is 19.3. The number of anilines is 1. The number of benzene rings is 1. The van der Waals surface area contributed by atoms with Gasteiger partial charge < -0.3 is 19.4 Å². The number of hydrogen-bond donors (Lipinski definition) is 1. The number of hydrogen-bond acceptors (Lipinski definition) is 7. The topological polar surface area (TPSA) is 120 Å². The summed E-state index contributed by atoms with van der Waals surface area (Å²) in [5.74, 6) is -0.331. The van der Waals surface area contributed by atoms with Gasteiger partial charge in [-0.3, -0.25) is 9.59 Å². The van der Waals surface area contributed by atoms with Crippen LogP contribution in [0.5, 0.6) is 5.75 Å². The van der Waals surface area contributed by atoms with Crippen molar-refractivity contribution in [2.75, 3.05) is 25.0 Å². The molecule has 1 unspecified atom stereocenters. The van der Waals surface area contributed by atoms with Crippen LogP contribution in [0.2, 0.25) is 0 Å². The standard InChI is InChI=1S/C22H30N4O6S/c1-5-31-19-9-7-6-8-18(19)24-21(27)15(2)32-22(28)17-10-12-26(13-11-17)33(29,30)20-14-25(4)16(3)23-20/h6-9,14-15,17H,5,10-13H2,1-4H3,(H,24,27). The molecular formula is C22H30N4O6S. The summed E-state index contributed by atoms with van der Waals surface area (Å²) >= 11 is 0. The highest BCUT2D eigenvalue weighted by Crippen LogP contribution is 2.26. The molecule has 1 N–H and O–H groups in total. The van der Waals surface area contributed by atoms with Gasteiger partial charge in [0.15, 0.2) is 11.1 Å². The molecule has 10 nitrogen and oxygen atoms in total. The number of sulfonamides is 1. The van der Waals surface area contributed by atoms with Crippen molar-refractivity contribution in [1.82, 2.24) is 13.9 Å². The maximum atomic E-state index is 12.8.